The molecule has 0 amide bonds. The van der Waals surface area contributed by atoms with Crippen molar-refractivity contribution in [2.75, 3.05) is 19.7 Å². The normalized spacial score (nSPS) is 16.7. The Bertz CT molecular complexity index is 706. The number of aliphatic carboxylic acids is 1. The molecule has 2 aromatic rings. The van der Waals surface area contributed by atoms with Gasteiger partial charge >= 0.3 is 5.97 Å². The molecule has 1 aliphatic heterocycles. The van der Waals surface area contributed by atoms with Crippen LogP contribution in [0.1, 0.15) is 12.8 Å². The lowest BCUT2D eigenvalue weighted by Crippen LogP contribution is -2.37. The lowest BCUT2D eigenvalue weighted by atomic mass is 10.2. The van der Waals surface area contributed by atoms with Gasteiger partial charge in [-0.05, 0) is 67.9 Å². The number of likely N-dealkylation sites (tertiary alicyclic amines) is 1. The fourth-order valence-electron chi connectivity index (χ4n) is 2.90. The third kappa shape index (κ3) is 5.80. The highest BCUT2D eigenvalue weighted by Gasteiger charge is 2.26. The molecule has 1 fully saturated rings. The van der Waals surface area contributed by atoms with Crippen LogP contribution < -0.4 is 9.47 Å². The summed E-state index contributed by atoms with van der Waals surface area (Å²) in [5.41, 5.74) is 0. The topological polar surface area (TPSA) is 59.0 Å². The van der Waals surface area contributed by atoms with Gasteiger partial charge in [-0.3, -0.25) is 9.69 Å². The molecule has 26 heavy (non-hydrogen) atoms. The van der Waals surface area contributed by atoms with Gasteiger partial charge in [0.05, 0.1) is 6.54 Å². The molecule has 1 heterocycles. The summed E-state index contributed by atoms with van der Waals surface area (Å²) in [5.74, 6) is 1.37. The first-order chi connectivity index (χ1) is 12.1. The SMILES string of the molecule is Cl.O=C(O)CN1CCCC1COc1ccc(Oc2ccc(Cl)cc2)cc1. The smallest absolute Gasteiger partial charge is 0.317 e. The first-order valence-electron chi connectivity index (χ1n) is 8.22. The predicted octanol–water partition coefficient (Wildman–Crippen LogP) is 4.48. The van der Waals surface area contributed by atoms with E-state index in [2.05, 4.69) is 0 Å². The zero-order chi connectivity index (χ0) is 17.6. The molecule has 1 N–H and O–H groups in total. The highest BCUT2D eigenvalue weighted by Crippen LogP contribution is 2.25. The molecule has 1 saturated heterocycles. The van der Waals surface area contributed by atoms with Crippen LogP contribution in [0.4, 0.5) is 0 Å². The van der Waals surface area contributed by atoms with Crippen LogP contribution in [0, 0.1) is 0 Å². The highest BCUT2D eigenvalue weighted by atomic mass is 35.5. The van der Waals surface area contributed by atoms with Crippen LogP contribution in [-0.4, -0.2) is 41.7 Å². The molecule has 0 saturated carbocycles. The van der Waals surface area contributed by atoms with Gasteiger partial charge in [-0.25, -0.2) is 0 Å². The summed E-state index contributed by atoms with van der Waals surface area (Å²) in [6.45, 7) is 1.38. The summed E-state index contributed by atoms with van der Waals surface area (Å²) in [4.78, 5) is 12.8. The Balaban J connectivity index is 0.00000243. The molecule has 1 atom stereocenters. The molecule has 0 aromatic heterocycles. The van der Waals surface area contributed by atoms with Crippen LogP contribution in [0.25, 0.3) is 0 Å². The van der Waals surface area contributed by atoms with Gasteiger partial charge in [0.2, 0.25) is 0 Å². The minimum Gasteiger partial charge on any atom is -0.492 e. The van der Waals surface area contributed by atoms with Gasteiger partial charge < -0.3 is 14.6 Å². The average molecular weight is 398 g/mol. The van der Waals surface area contributed by atoms with Gasteiger partial charge in [-0.1, -0.05) is 11.6 Å². The van der Waals surface area contributed by atoms with Gasteiger partial charge in [-0.2, -0.15) is 0 Å². The predicted molar refractivity (Wildman–Crippen MR) is 103 cm³/mol. The van der Waals surface area contributed by atoms with Crippen molar-refractivity contribution in [3.05, 3.63) is 53.6 Å². The molecular weight excluding hydrogens is 377 g/mol. The second-order valence-electron chi connectivity index (χ2n) is 6.00. The molecule has 0 bridgehead atoms. The van der Waals surface area contributed by atoms with Crippen molar-refractivity contribution in [1.82, 2.24) is 4.90 Å². The van der Waals surface area contributed by atoms with Crippen LogP contribution in [-0.2, 0) is 4.79 Å². The zero-order valence-electron chi connectivity index (χ0n) is 14.1. The summed E-state index contributed by atoms with van der Waals surface area (Å²) in [7, 11) is 0. The number of ether oxygens (including phenoxy) is 2. The zero-order valence-corrected chi connectivity index (χ0v) is 15.7. The molecule has 0 radical (unpaired) electrons. The third-order valence-electron chi connectivity index (χ3n) is 4.15. The maximum atomic E-state index is 10.9. The lowest BCUT2D eigenvalue weighted by molar-refractivity contribution is -0.138. The van der Waals surface area contributed by atoms with Gasteiger partial charge in [-0.15, -0.1) is 12.4 Å². The Kier molecular flexibility index (Phi) is 7.57. The number of hydrogen-bond acceptors (Lipinski definition) is 4. The van der Waals surface area contributed by atoms with Crippen LogP contribution in [0.2, 0.25) is 5.02 Å². The van der Waals surface area contributed by atoms with E-state index in [0.29, 0.717) is 23.1 Å². The number of benzene rings is 2. The Morgan fingerprint density at radius 2 is 1.65 bits per heavy atom. The van der Waals surface area contributed by atoms with Crippen LogP contribution in [0.3, 0.4) is 0 Å². The maximum absolute atomic E-state index is 10.9. The summed E-state index contributed by atoms with van der Waals surface area (Å²) >= 11 is 5.85. The van der Waals surface area contributed by atoms with E-state index < -0.39 is 5.97 Å². The molecule has 140 valence electrons. The largest absolute Gasteiger partial charge is 0.492 e. The van der Waals surface area contributed by atoms with Crippen molar-refractivity contribution >= 4 is 30.0 Å². The van der Waals surface area contributed by atoms with Gasteiger partial charge in [0.1, 0.15) is 23.9 Å². The molecule has 0 spiro atoms. The summed E-state index contributed by atoms with van der Waals surface area (Å²) in [6, 6.07) is 14.7. The standard InChI is InChI=1S/C19H20ClNO4.ClH/c20-14-3-5-17(6-4-14)25-18-9-7-16(8-10-18)24-13-15-2-1-11-21(15)12-19(22)23;/h3-10,15H,1-2,11-13H2,(H,22,23);1H. The van der Waals surface area contributed by atoms with E-state index in [-0.39, 0.29) is 25.0 Å². The van der Waals surface area contributed by atoms with Crippen LogP contribution in [0.15, 0.2) is 48.5 Å². The van der Waals surface area contributed by atoms with Gasteiger partial charge in [0.15, 0.2) is 0 Å². The number of rotatable bonds is 7. The Labute approximate surface area is 163 Å². The first-order valence-corrected chi connectivity index (χ1v) is 8.60. The Morgan fingerprint density at radius 3 is 2.27 bits per heavy atom. The minimum absolute atomic E-state index is 0. The summed E-state index contributed by atoms with van der Waals surface area (Å²) in [6.07, 6.45) is 1.97. The molecule has 7 heteroatoms. The van der Waals surface area contributed by atoms with Gasteiger partial charge in [0.25, 0.3) is 0 Å². The molecular formula is C19H21Cl2NO4. The monoisotopic (exact) mass is 397 g/mol. The quantitative estimate of drug-likeness (QED) is 0.745. The minimum atomic E-state index is -0.796. The second kappa shape index (κ2) is 9.67. The fourth-order valence-corrected chi connectivity index (χ4v) is 3.03. The van der Waals surface area contributed by atoms with E-state index in [9.17, 15) is 4.79 Å². The third-order valence-corrected chi connectivity index (χ3v) is 4.40. The molecule has 2 aromatic carbocycles. The summed E-state index contributed by atoms with van der Waals surface area (Å²) in [5, 5.41) is 9.61. The highest BCUT2D eigenvalue weighted by molar-refractivity contribution is 6.30. The molecule has 1 aliphatic rings. The lowest BCUT2D eigenvalue weighted by Gasteiger charge is -2.22. The molecule has 5 nitrogen and oxygen atoms in total. The second-order valence-corrected chi connectivity index (χ2v) is 6.44. The van der Waals surface area contributed by atoms with E-state index in [4.69, 9.17) is 26.2 Å². The van der Waals surface area contributed by atoms with Crippen molar-refractivity contribution in [2.45, 2.75) is 18.9 Å². The molecule has 3 rings (SSSR count). The maximum Gasteiger partial charge on any atom is 0.317 e. The van der Waals surface area contributed by atoms with E-state index in [0.717, 1.165) is 25.1 Å². The van der Waals surface area contributed by atoms with Gasteiger partial charge in [0, 0.05) is 11.1 Å². The van der Waals surface area contributed by atoms with Crippen molar-refractivity contribution < 1.29 is 19.4 Å². The van der Waals surface area contributed by atoms with E-state index >= 15 is 0 Å². The molecule has 0 aliphatic carbocycles. The van der Waals surface area contributed by atoms with Crippen molar-refractivity contribution in [1.29, 1.82) is 0 Å². The Hall–Kier alpha value is -1.95. The average Bonchev–Trinajstić information content (AvgIpc) is 3.03. The Morgan fingerprint density at radius 1 is 1.08 bits per heavy atom. The van der Waals surface area contributed by atoms with Crippen LogP contribution in [0.5, 0.6) is 17.2 Å². The fraction of sp³-hybridized carbons (Fsp3) is 0.316. The summed E-state index contributed by atoms with van der Waals surface area (Å²) < 4.78 is 11.6. The number of hydrogen-bond donors (Lipinski definition) is 1. The number of carboxylic acids is 1. The van der Waals surface area contributed by atoms with E-state index in [1.165, 1.54) is 0 Å². The number of carboxylic acid groups (broad SMARTS) is 1. The molecule has 1 unspecified atom stereocenters. The van der Waals surface area contributed by atoms with Crippen molar-refractivity contribution in [3.63, 3.8) is 0 Å². The van der Waals surface area contributed by atoms with E-state index in [1.54, 1.807) is 12.1 Å². The number of nitrogens with zero attached hydrogens (tertiary/aromatic N) is 1. The first kappa shape index (κ1) is 20.4. The van der Waals surface area contributed by atoms with Crippen LogP contribution >= 0.6 is 24.0 Å². The number of carbonyl (C=O) groups is 1. The van der Waals surface area contributed by atoms with Crippen molar-refractivity contribution in [3.8, 4) is 17.2 Å². The van der Waals surface area contributed by atoms with Crippen molar-refractivity contribution in [2.24, 2.45) is 0 Å². The number of halogens is 2. The van der Waals surface area contributed by atoms with E-state index in [1.807, 2.05) is 41.3 Å².